The van der Waals surface area contributed by atoms with E-state index in [1.807, 2.05) is 26.8 Å². The highest BCUT2D eigenvalue weighted by molar-refractivity contribution is 5.89. The van der Waals surface area contributed by atoms with Crippen molar-refractivity contribution in [3.8, 4) is 0 Å². The predicted octanol–water partition coefficient (Wildman–Crippen LogP) is 2.70. The van der Waals surface area contributed by atoms with Crippen LogP contribution in [-0.2, 0) is 11.3 Å². The maximum atomic E-state index is 10.9. The molecule has 0 aliphatic carbocycles. The van der Waals surface area contributed by atoms with Gasteiger partial charge in [-0.25, -0.2) is 4.79 Å². The van der Waals surface area contributed by atoms with E-state index in [9.17, 15) is 4.79 Å². The molecule has 0 aliphatic heterocycles. The maximum absolute atomic E-state index is 10.9. The largest absolute Gasteiger partial charge is 0.478 e. The third kappa shape index (κ3) is 3.72. The average Bonchev–Trinajstić information content (AvgIpc) is 2.14. The van der Waals surface area contributed by atoms with Crippen LogP contribution < -0.4 is 0 Å². The van der Waals surface area contributed by atoms with Crippen LogP contribution in [0.3, 0.4) is 0 Å². The molecule has 0 saturated heterocycles. The maximum Gasteiger partial charge on any atom is 0.336 e. The van der Waals surface area contributed by atoms with Gasteiger partial charge in [-0.1, -0.05) is 18.2 Å². The lowest BCUT2D eigenvalue weighted by Crippen LogP contribution is -2.19. The molecule has 3 heteroatoms. The molecule has 1 rings (SSSR count). The fourth-order valence-electron chi connectivity index (χ4n) is 1.15. The van der Waals surface area contributed by atoms with E-state index in [0.717, 1.165) is 0 Å². The Kier molecular flexibility index (Phi) is 3.48. The van der Waals surface area contributed by atoms with E-state index < -0.39 is 5.97 Å². The van der Waals surface area contributed by atoms with E-state index in [4.69, 9.17) is 9.84 Å². The first-order valence-electron chi connectivity index (χ1n) is 4.85. The zero-order chi connectivity index (χ0) is 11.5. The molecule has 0 amide bonds. The molecule has 1 aromatic carbocycles. The van der Waals surface area contributed by atoms with Crippen molar-refractivity contribution in [2.75, 3.05) is 0 Å². The Bertz CT molecular complexity index is 350. The molecular weight excluding hydrogens is 192 g/mol. The van der Waals surface area contributed by atoms with Crippen LogP contribution >= 0.6 is 0 Å². The molecule has 1 aromatic rings. The Labute approximate surface area is 89.7 Å². The topological polar surface area (TPSA) is 46.5 Å². The average molecular weight is 208 g/mol. The number of hydrogen-bond acceptors (Lipinski definition) is 2. The molecule has 0 aromatic heterocycles. The molecule has 0 fully saturated rings. The molecule has 82 valence electrons. The summed E-state index contributed by atoms with van der Waals surface area (Å²) in [6.45, 7) is 6.15. The molecular formula is C12H16O3. The molecule has 0 spiro atoms. The van der Waals surface area contributed by atoms with Gasteiger partial charge in [-0.3, -0.25) is 0 Å². The Balaban J connectivity index is 2.81. The Hall–Kier alpha value is -1.35. The number of hydrogen-bond donors (Lipinski definition) is 1. The molecule has 1 N–H and O–H groups in total. The molecule has 15 heavy (non-hydrogen) atoms. The third-order valence-electron chi connectivity index (χ3n) is 1.91. The lowest BCUT2D eigenvalue weighted by atomic mass is 10.1. The van der Waals surface area contributed by atoms with Gasteiger partial charge in [-0.05, 0) is 32.4 Å². The van der Waals surface area contributed by atoms with Crippen LogP contribution in [0.25, 0.3) is 0 Å². The number of carbonyl (C=O) groups is 1. The number of aromatic carboxylic acids is 1. The quantitative estimate of drug-likeness (QED) is 0.830. The first kappa shape index (κ1) is 11.7. The third-order valence-corrected chi connectivity index (χ3v) is 1.91. The van der Waals surface area contributed by atoms with Gasteiger partial charge in [0, 0.05) is 0 Å². The summed E-state index contributed by atoms with van der Waals surface area (Å²) in [5.74, 6) is -0.914. The normalized spacial score (nSPS) is 11.4. The van der Waals surface area contributed by atoms with Gasteiger partial charge < -0.3 is 9.84 Å². The van der Waals surface area contributed by atoms with Crippen LogP contribution in [0.1, 0.15) is 36.7 Å². The summed E-state index contributed by atoms with van der Waals surface area (Å²) in [5.41, 5.74) is 0.757. The summed E-state index contributed by atoms with van der Waals surface area (Å²) in [4.78, 5) is 10.9. The van der Waals surface area contributed by atoms with E-state index in [1.54, 1.807) is 18.2 Å². The minimum absolute atomic E-state index is 0.258. The van der Waals surface area contributed by atoms with Gasteiger partial charge >= 0.3 is 5.97 Å². The number of carboxylic acids is 1. The fraction of sp³-hybridized carbons (Fsp3) is 0.417. The summed E-state index contributed by atoms with van der Waals surface area (Å²) in [6.07, 6.45) is 0. The van der Waals surface area contributed by atoms with Gasteiger partial charge in [0.1, 0.15) is 0 Å². The van der Waals surface area contributed by atoms with Crippen LogP contribution in [0.2, 0.25) is 0 Å². The zero-order valence-electron chi connectivity index (χ0n) is 9.28. The molecule has 0 saturated carbocycles. The van der Waals surface area contributed by atoms with E-state index in [1.165, 1.54) is 0 Å². The summed E-state index contributed by atoms with van der Waals surface area (Å²) in [7, 11) is 0. The van der Waals surface area contributed by atoms with Gasteiger partial charge in [-0.2, -0.15) is 0 Å². The summed E-state index contributed by atoms with van der Waals surface area (Å²) >= 11 is 0. The van der Waals surface area contributed by atoms with Crippen molar-refractivity contribution in [3.05, 3.63) is 35.4 Å². The lowest BCUT2D eigenvalue weighted by molar-refractivity contribution is -0.0154. The minimum Gasteiger partial charge on any atom is -0.478 e. The first-order chi connectivity index (χ1) is 6.90. The van der Waals surface area contributed by atoms with E-state index in [2.05, 4.69) is 0 Å². The minimum atomic E-state index is -0.914. The van der Waals surface area contributed by atoms with E-state index in [-0.39, 0.29) is 5.60 Å². The highest BCUT2D eigenvalue weighted by Gasteiger charge is 2.13. The molecule has 3 nitrogen and oxygen atoms in total. The monoisotopic (exact) mass is 208 g/mol. The number of ether oxygens (including phenoxy) is 1. The molecule has 0 radical (unpaired) electrons. The van der Waals surface area contributed by atoms with Crippen molar-refractivity contribution in [3.63, 3.8) is 0 Å². The van der Waals surface area contributed by atoms with Gasteiger partial charge in [0.2, 0.25) is 0 Å². The molecule has 0 heterocycles. The van der Waals surface area contributed by atoms with E-state index >= 15 is 0 Å². The second-order valence-corrected chi connectivity index (χ2v) is 4.36. The van der Waals surface area contributed by atoms with Crippen LogP contribution in [0.4, 0.5) is 0 Å². The SMILES string of the molecule is CC(C)(C)OCc1ccccc1C(=O)O. The van der Waals surface area contributed by atoms with Crippen molar-refractivity contribution in [1.29, 1.82) is 0 Å². The lowest BCUT2D eigenvalue weighted by Gasteiger charge is -2.20. The highest BCUT2D eigenvalue weighted by Crippen LogP contribution is 2.15. The number of benzene rings is 1. The number of carboxylic acid groups (broad SMARTS) is 1. The van der Waals surface area contributed by atoms with Crippen LogP contribution in [-0.4, -0.2) is 16.7 Å². The molecule has 0 unspecified atom stereocenters. The Morgan fingerprint density at radius 1 is 1.33 bits per heavy atom. The van der Waals surface area contributed by atoms with Crippen LogP contribution in [0, 0.1) is 0 Å². The standard InChI is InChI=1S/C12H16O3/c1-12(2,3)15-8-9-6-4-5-7-10(9)11(13)14/h4-7H,8H2,1-3H3,(H,13,14). The zero-order valence-corrected chi connectivity index (χ0v) is 9.28. The van der Waals surface area contributed by atoms with E-state index in [0.29, 0.717) is 17.7 Å². The van der Waals surface area contributed by atoms with Crippen molar-refractivity contribution >= 4 is 5.97 Å². The molecule has 0 bridgehead atoms. The Morgan fingerprint density at radius 3 is 2.47 bits per heavy atom. The van der Waals surface area contributed by atoms with Gasteiger partial charge in [0.15, 0.2) is 0 Å². The van der Waals surface area contributed by atoms with Crippen molar-refractivity contribution in [1.82, 2.24) is 0 Å². The smallest absolute Gasteiger partial charge is 0.336 e. The summed E-state index contributed by atoms with van der Waals surface area (Å²) in [5, 5.41) is 8.94. The van der Waals surface area contributed by atoms with Gasteiger partial charge in [-0.15, -0.1) is 0 Å². The van der Waals surface area contributed by atoms with Crippen molar-refractivity contribution in [2.24, 2.45) is 0 Å². The second-order valence-electron chi connectivity index (χ2n) is 4.36. The molecule has 0 aliphatic rings. The highest BCUT2D eigenvalue weighted by atomic mass is 16.5. The first-order valence-corrected chi connectivity index (χ1v) is 4.85. The van der Waals surface area contributed by atoms with Crippen molar-refractivity contribution in [2.45, 2.75) is 33.0 Å². The fourth-order valence-corrected chi connectivity index (χ4v) is 1.15. The second kappa shape index (κ2) is 4.45. The summed E-state index contributed by atoms with van der Waals surface area (Å²) in [6, 6.07) is 6.89. The molecule has 0 atom stereocenters. The van der Waals surface area contributed by atoms with Crippen molar-refractivity contribution < 1.29 is 14.6 Å². The Morgan fingerprint density at radius 2 is 1.93 bits per heavy atom. The van der Waals surface area contributed by atoms with Crippen LogP contribution in [0.5, 0.6) is 0 Å². The number of rotatable bonds is 3. The summed E-state index contributed by atoms with van der Waals surface area (Å²) < 4.78 is 5.54. The predicted molar refractivity (Wildman–Crippen MR) is 57.9 cm³/mol. The van der Waals surface area contributed by atoms with Gasteiger partial charge in [0.25, 0.3) is 0 Å². The van der Waals surface area contributed by atoms with Crippen LogP contribution in [0.15, 0.2) is 24.3 Å². The van der Waals surface area contributed by atoms with Gasteiger partial charge in [0.05, 0.1) is 17.8 Å².